The highest BCUT2D eigenvalue weighted by Crippen LogP contribution is 2.22. The predicted molar refractivity (Wildman–Crippen MR) is 106 cm³/mol. The Kier molecular flexibility index (Phi) is 4.58. The fraction of sp³-hybridized carbons (Fsp3) is 0.150. The second-order valence-corrected chi connectivity index (χ2v) is 6.99. The van der Waals surface area contributed by atoms with Crippen LogP contribution in [0.1, 0.15) is 5.56 Å². The maximum Gasteiger partial charge on any atom is 0.263 e. The molecule has 0 aliphatic carbocycles. The van der Waals surface area contributed by atoms with Crippen LogP contribution >= 0.6 is 11.8 Å². The highest BCUT2D eigenvalue weighted by atomic mass is 32.2. The normalized spacial score (nSPS) is 11.2. The van der Waals surface area contributed by atoms with E-state index in [1.165, 1.54) is 5.56 Å². The van der Waals surface area contributed by atoms with E-state index in [-0.39, 0.29) is 5.56 Å². The van der Waals surface area contributed by atoms with Crippen molar-refractivity contribution < 1.29 is 0 Å². The van der Waals surface area contributed by atoms with Gasteiger partial charge in [-0.1, -0.05) is 60.3 Å². The summed E-state index contributed by atoms with van der Waals surface area (Å²) < 4.78 is 3.58. The molecule has 2 heterocycles. The second kappa shape index (κ2) is 7.17. The Morgan fingerprint density at radius 2 is 1.81 bits per heavy atom. The molecule has 0 spiro atoms. The largest absolute Gasteiger partial charge is 0.272 e. The zero-order valence-electron chi connectivity index (χ0n) is 14.2. The molecule has 2 aromatic carbocycles. The number of thioether (sulfide) groups is 1. The average Bonchev–Trinajstić information content (AvgIpc) is 3.10. The van der Waals surface area contributed by atoms with E-state index in [1.54, 1.807) is 22.4 Å². The molecule has 5 nitrogen and oxygen atoms in total. The van der Waals surface area contributed by atoms with E-state index >= 15 is 0 Å². The van der Waals surface area contributed by atoms with E-state index in [1.807, 2.05) is 46.9 Å². The number of aromatic nitrogens is 4. The van der Waals surface area contributed by atoms with Crippen LogP contribution in [0.15, 0.2) is 77.2 Å². The molecule has 0 aliphatic rings. The molecule has 0 fully saturated rings. The number of benzene rings is 2. The Morgan fingerprint density at radius 1 is 1.04 bits per heavy atom. The second-order valence-electron chi connectivity index (χ2n) is 5.92. The molecule has 26 heavy (non-hydrogen) atoms. The monoisotopic (exact) mass is 362 g/mol. The zero-order valence-corrected chi connectivity index (χ0v) is 15.0. The van der Waals surface area contributed by atoms with Gasteiger partial charge in [0.25, 0.3) is 5.56 Å². The predicted octanol–water partition coefficient (Wildman–Crippen LogP) is 3.57. The number of fused-ring (bicyclic) bond motifs is 3. The van der Waals surface area contributed by atoms with Gasteiger partial charge in [0, 0.05) is 12.3 Å². The van der Waals surface area contributed by atoms with Gasteiger partial charge in [-0.3, -0.25) is 13.8 Å². The molecule has 0 saturated carbocycles. The lowest BCUT2D eigenvalue weighted by atomic mass is 10.2. The third-order valence-electron chi connectivity index (χ3n) is 4.25. The molecule has 0 bridgehead atoms. The summed E-state index contributed by atoms with van der Waals surface area (Å²) in [6.07, 6.45) is 2.65. The third kappa shape index (κ3) is 2.93. The molecule has 0 aliphatic heterocycles. The van der Waals surface area contributed by atoms with Crippen LogP contribution in [0, 0.1) is 0 Å². The molecule has 4 aromatic rings. The molecule has 0 saturated heterocycles. The molecule has 0 radical (unpaired) electrons. The number of aryl methyl sites for hydroxylation is 1. The van der Waals surface area contributed by atoms with E-state index in [2.05, 4.69) is 28.9 Å². The summed E-state index contributed by atoms with van der Waals surface area (Å²) in [5.74, 6) is 1.44. The van der Waals surface area contributed by atoms with Crippen molar-refractivity contribution in [3.8, 4) is 0 Å². The topological polar surface area (TPSA) is 52.2 Å². The minimum Gasteiger partial charge on any atom is -0.272 e. The van der Waals surface area contributed by atoms with Gasteiger partial charge in [0.2, 0.25) is 5.78 Å². The molecule has 4 rings (SSSR count). The summed E-state index contributed by atoms with van der Waals surface area (Å²) in [6, 6.07) is 18.0. The standard InChI is InChI=1S/C20H18N4OS/c1-2-13-23-18(25)16-10-6-7-11-17(16)24-19(23)21-22-20(24)26-14-12-15-8-4-3-5-9-15/h2-11H,1,12-14H2. The lowest BCUT2D eigenvalue weighted by Gasteiger charge is -2.09. The maximum absolute atomic E-state index is 12.8. The van der Waals surface area contributed by atoms with Crippen LogP contribution in [0.5, 0.6) is 0 Å². The van der Waals surface area contributed by atoms with Crippen molar-refractivity contribution in [3.05, 3.63) is 83.2 Å². The van der Waals surface area contributed by atoms with Crippen LogP contribution < -0.4 is 5.56 Å². The van der Waals surface area contributed by atoms with E-state index in [9.17, 15) is 4.79 Å². The lowest BCUT2D eigenvalue weighted by molar-refractivity contribution is 0.783. The fourth-order valence-corrected chi connectivity index (χ4v) is 3.95. The third-order valence-corrected chi connectivity index (χ3v) is 5.19. The number of rotatable bonds is 6. The van der Waals surface area contributed by atoms with Crippen molar-refractivity contribution >= 4 is 28.4 Å². The molecule has 0 atom stereocenters. The number of hydrogen-bond acceptors (Lipinski definition) is 4. The molecule has 0 N–H and O–H groups in total. The van der Waals surface area contributed by atoms with Gasteiger partial charge in [-0.25, -0.2) is 0 Å². The van der Waals surface area contributed by atoms with Crippen LogP contribution in [-0.4, -0.2) is 24.9 Å². The van der Waals surface area contributed by atoms with Gasteiger partial charge in [-0.2, -0.15) is 0 Å². The molecule has 0 unspecified atom stereocenters. The molecule has 6 heteroatoms. The molecular formula is C20H18N4OS. The van der Waals surface area contributed by atoms with E-state index in [0.29, 0.717) is 17.7 Å². The van der Waals surface area contributed by atoms with Gasteiger partial charge < -0.3 is 0 Å². The zero-order chi connectivity index (χ0) is 17.9. The van der Waals surface area contributed by atoms with Crippen LogP contribution in [-0.2, 0) is 13.0 Å². The molecule has 130 valence electrons. The van der Waals surface area contributed by atoms with Crippen molar-refractivity contribution in [3.63, 3.8) is 0 Å². The van der Waals surface area contributed by atoms with Gasteiger partial charge >= 0.3 is 0 Å². The van der Waals surface area contributed by atoms with Crippen molar-refractivity contribution in [1.29, 1.82) is 0 Å². The van der Waals surface area contributed by atoms with Crippen molar-refractivity contribution in [1.82, 2.24) is 19.2 Å². The summed E-state index contributed by atoms with van der Waals surface area (Å²) in [5, 5.41) is 10.1. The number of para-hydroxylation sites is 1. The lowest BCUT2D eigenvalue weighted by Crippen LogP contribution is -2.22. The van der Waals surface area contributed by atoms with Crippen molar-refractivity contribution in [2.24, 2.45) is 0 Å². The number of hydrogen-bond donors (Lipinski definition) is 0. The van der Waals surface area contributed by atoms with Gasteiger partial charge in [-0.15, -0.1) is 16.8 Å². The van der Waals surface area contributed by atoms with Crippen molar-refractivity contribution in [2.75, 3.05) is 5.75 Å². The van der Waals surface area contributed by atoms with Crippen LogP contribution in [0.3, 0.4) is 0 Å². The highest BCUT2D eigenvalue weighted by molar-refractivity contribution is 7.99. The summed E-state index contributed by atoms with van der Waals surface area (Å²) in [7, 11) is 0. The Balaban J connectivity index is 1.76. The number of nitrogens with zero attached hydrogens (tertiary/aromatic N) is 4. The molecule has 2 aromatic heterocycles. The van der Waals surface area contributed by atoms with E-state index in [0.717, 1.165) is 22.8 Å². The SMILES string of the molecule is C=CCn1c(=O)c2ccccc2n2c(SCCc3ccccc3)nnc12. The minimum atomic E-state index is -0.0683. The minimum absolute atomic E-state index is 0.0683. The Morgan fingerprint density at radius 3 is 2.62 bits per heavy atom. The molecule has 0 amide bonds. The average molecular weight is 362 g/mol. The summed E-state index contributed by atoms with van der Waals surface area (Å²) >= 11 is 1.65. The first-order chi connectivity index (χ1) is 12.8. The summed E-state index contributed by atoms with van der Waals surface area (Å²) in [4.78, 5) is 12.8. The van der Waals surface area contributed by atoms with E-state index in [4.69, 9.17) is 0 Å². The van der Waals surface area contributed by atoms with Gasteiger partial charge in [-0.05, 0) is 24.1 Å². The van der Waals surface area contributed by atoms with Crippen LogP contribution in [0.2, 0.25) is 0 Å². The Labute approximate surface area is 155 Å². The smallest absolute Gasteiger partial charge is 0.263 e. The van der Waals surface area contributed by atoms with Gasteiger partial charge in [0.15, 0.2) is 5.16 Å². The first kappa shape index (κ1) is 16.6. The first-order valence-corrected chi connectivity index (χ1v) is 9.42. The van der Waals surface area contributed by atoms with Crippen LogP contribution in [0.4, 0.5) is 0 Å². The number of allylic oxidation sites excluding steroid dienone is 1. The van der Waals surface area contributed by atoms with Crippen molar-refractivity contribution in [2.45, 2.75) is 18.1 Å². The summed E-state index contributed by atoms with van der Waals surface area (Å²) in [5.41, 5.74) is 2.06. The van der Waals surface area contributed by atoms with E-state index < -0.39 is 0 Å². The summed E-state index contributed by atoms with van der Waals surface area (Å²) in [6.45, 7) is 4.15. The van der Waals surface area contributed by atoms with Crippen LogP contribution in [0.25, 0.3) is 16.7 Å². The first-order valence-electron chi connectivity index (χ1n) is 8.44. The van der Waals surface area contributed by atoms with Gasteiger partial charge in [0.05, 0.1) is 10.9 Å². The van der Waals surface area contributed by atoms with Gasteiger partial charge in [0.1, 0.15) is 0 Å². The Hall–Kier alpha value is -2.86. The quantitative estimate of drug-likeness (QED) is 0.389. The Bertz CT molecular complexity index is 1130. The fourth-order valence-electron chi connectivity index (χ4n) is 3.03. The maximum atomic E-state index is 12.8. The molecular weight excluding hydrogens is 344 g/mol. The highest BCUT2D eigenvalue weighted by Gasteiger charge is 2.15.